The van der Waals surface area contributed by atoms with Crippen LogP contribution in [0.3, 0.4) is 0 Å². The van der Waals surface area contributed by atoms with Crippen LogP contribution in [-0.4, -0.2) is 18.8 Å². The minimum Gasteiger partial charge on any atom is -0.418 e. The number of halogens is 1. The molecular weight excluding hydrogens is 296 g/mol. The van der Waals surface area contributed by atoms with E-state index in [0.29, 0.717) is 23.1 Å². The first-order valence-electron chi connectivity index (χ1n) is 7.40. The summed E-state index contributed by atoms with van der Waals surface area (Å²) in [6.45, 7) is 2.59. The van der Waals surface area contributed by atoms with E-state index in [1.807, 2.05) is 18.2 Å². The fourth-order valence-electron chi connectivity index (χ4n) is 2.42. The number of nitrogens with two attached hydrogens (primary N) is 1. The fourth-order valence-corrected chi connectivity index (χ4v) is 2.62. The molecule has 0 radical (unpaired) electrons. The molecule has 2 rings (SSSR count). The standard InChI is InChI=1S/C17H21BClNO2/c1-13(9-14-5-3-2-4-6-14)12-22-18(20)17-8-7-16(19)10-15(17)11-21/h2-8,10,13,21H,9,11-12,20H2,1H3. The highest BCUT2D eigenvalue weighted by molar-refractivity contribution is 6.64. The topological polar surface area (TPSA) is 55.5 Å². The summed E-state index contributed by atoms with van der Waals surface area (Å²) in [7, 11) is -0.558. The molecule has 5 heteroatoms. The Kier molecular flexibility index (Phi) is 6.46. The summed E-state index contributed by atoms with van der Waals surface area (Å²) in [5.41, 5.74) is 8.85. The van der Waals surface area contributed by atoms with Gasteiger partial charge in [-0.15, -0.1) is 0 Å². The van der Waals surface area contributed by atoms with E-state index in [1.165, 1.54) is 5.56 Å². The van der Waals surface area contributed by atoms with Crippen molar-refractivity contribution in [3.63, 3.8) is 0 Å². The van der Waals surface area contributed by atoms with Gasteiger partial charge >= 0.3 is 7.05 Å². The smallest absolute Gasteiger partial charge is 0.413 e. The number of hydrogen-bond acceptors (Lipinski definition) is 3. The lowest BCUT2D eigenvalue weighted by Crippen LogP contribution is -2.45. The van der Waals surface area contributed by atoms with Gasteiger partial charge in [0.05, 0.1) is 6.61 Å². The van der Waals surface area contributed by atoms with Gasteiger partial charge in [-0.3, -0.25) is 0 Å². The van der Waals surface area contributed by atoms with Crippen molar-refractivity contribution in [2.24, 2.45) is 11.6 Å². The normalized spacial score (nSPS) is 12.2. The molecule has 0 saturated heterocycles. The summed E-state index contributed by atoms with van der Waals surface area (Å²) in [5.74, 6) is 0.360. The van der Waals surface area contributed by atoms with Gasteiger partial charge in [0.1, 0.15) is 0 Å². The van der Waals surface area contributed by atoms with Crippen molar-refractivity contribution in [3.8, 4) is 0 Å². The summed E-state index contributed by atoms with van der Waals surface area (Å²) in [5, 5.41) is 9.98. The van der Waals surface area contributed by atoms with E-state index in [1.54, 1.807) is 18.2 Å². The van der Waals surface area contributed by atoms with Gasteiger partial charge in [0.25, 0.3) is 0 Å². The maximum Gasteiger partial charge on any atom is 0.413 e. The molecule has 0 spiro atoms. The zero-order valence-electron chi connectivity index (χ0n) is 12.7. The number of aliphatic hydroxyl groups is 1. The molecule has 0 aliphatic carbocycles. The molecule has 0 aromatic heterocycles. The van der Waals surface area contributed by atoms with Crippen LogP contribution in [0.5, 0.6) is 0 Å². The molecule has 2 aromatic carbocycles. The van der Waals surface area contributed by atoms with E-state index in [-0.39, 0.29) is 6.61 Å². The van der Waals surface area contributed by atoms with E-state index in [0.717, 1.165) is 11.9 Å². The van der Waals surface area contributed by atoms with Crippen LogP contribution in [0.4, 0.5) is 0 Å². The van der Waals surface area contributed by atoms with Crippen molar-refractivity contribution >= 4 is 24.1 Å². The second-order valence-corrected chi connectivity index (χ2v) is 5.99. The lowest BCUT2D eigenvalue weighted by Gasteiger charge is -2.17. The van der Waals surface area contributed by atoms with Crippen molar-refractivity contribution in [3.05, 3.63) is 64.7 Å². The molecule has 1 unspecified atom stereocenters. The highest BCUT2D eigenvalue weighted by Crippen LogP contribution is 2.11. The monoisotopic (exact) mass is 317 g/mol. The van der Waals surface area contributed by atoms with Crippen LogP contribution < -0.4 is 11.1 Å². The summed E-state index contributed by atoms with van der Waals surface area (Å²) in [6, 6.07) is 15.6. The Morgan fingerprint density at radius 1 is 1.23 bits per heavy atom. The Morgan fingerprint density at radius 2 is 1.95 bits per heavy atom. The van der Waals surface area contributed by atoms with Crippen LogP contribution in [0.15, 0.2) is 48.5 Å². The van der Waals surface area contributed by atoms with Gasteiger partial charge in [-0.2, -0.15) is 0 Å². The molecule has 0 saturated carbocycles. The second-order valence-electron chi connectivity index (χ2n) is 5.55. The van der Waals surface area contributed by atoms with Crippen LogP contribution in [0.1, 0.15) is 18.1 Å². The molecule has 0 amide bonds. The average molecular weight is 318 g/mol. The Balaban J connectivity index is 1.91. The third-order valence-corrected chi connectivity index (χ3v) is 3.80. The van der Waals surface area contributed by atoms with Crippen LogP contribution in [-0.2, 0) is 17.7 Å². The SMILES string of the molecule is CC(COB(N)c1ccc(Cl)cc1CO)Cc1ccccc1. The van der Waals surface area contributed by atoms with Crippen molar-refractivity contribution in [2.45, 2.75) is 20.0 Å². The molecule has 0 aliphatic rings. The van der Waals surface area contributed by atoms with Crippen molar-refractivity contribution in [2.75, 3.05) is 6.61 Å². The first kappa shape index (κ1) is 17.0. The van der Waals surface area contributed by atoms with Crippen LogP contribution in [0.25, 0.3) is 0 Å². The fraction of sp³-hybridized carbons (Fsp3) is 0.294. The molecule has 2 aromatic rings. The van der Waals surface area contributed by atoms with E-state index < -0.39 is 7.05 Å². The van der Waals surface area contributed by atoms with Crippen molar-refractivity contribution < 1.29 is 9.76 Å². The lowest BCUT2D eigenvalue weighted by molar-refractivity contribution is 0.263. The number of hydrogen-bond donors (Lipinski definition) is 2. The molecule has 3 N–H and O–H groups in total. The lowest BCUT2D eigenvalue weighted by atomic mass is 9.72. The zero-order valence-corrected chi connectivity index (χ0v) is 13.5. The Hall–Kier alpha value is -1.33. The van der Waals surface area contributed by atoms with E-state index in [9.17, 15) is 5.11 Å². The molecule has 0 bridgehead atoms. The summed E-state index contributed by atoms with van der Waals surface area (Å²) >= 11 is 5.93. The van der Waals surface area contributed by atoms with Crippen molar-refractivity contribution in [1.82, 2.24) is 0 Å². The maximum absolute atomic E-state index is 9.39. The minimum absolute atomic E-state index is 0.105. The Bertz CT molecular complexity index is 594. The first-order valence-corrected chi connectivity index (χ1v) is 7.78. The second kappa shape index (κ2) is 8.35. The van der Waals surface area contributed by atoms with Gasteiger partial charge in [-0.1, -0.05) is 54.9 Å². The molecule has 3 nitrogen and oxygen atoms in total. The van der Waals surface area contributed by atoms with E-state index in [2.05, 4.69) is 19.1 Å². The van der Waals surface area contributed by atoms with Crippen LogP contribution >= 0.6 is 11.6 Å². The molecule has 22 heavy (non-hydrogen) atoms. The Labute approximate surface area is 137 Å². The number of rotatable bonds is 7. The minimum atomic E-state index is -0.558. The average Bonchev–Trinajstić information content (AvgIpc) is 2.53. The number of aliphatic hydroxyl groups excluding tert-OH is 1. The number of benzene rings is 2. The van der Waals surface area contributed by atoms with Gasteiger partial charge < -0.3 is 15.4 Å². The summed E-state index contributed by atoms with van der Waals surface area (Å²) in [6.07, 6.45) is 0.945. The first-order chi connectivity index (χ1) is 10.6. The highest BCUT2D eigenvalue weighted by Gasteiger charge is 2.19. The molecule has 0 heterocycles. The van der Waals surface area contributed by atoms with E-state index >= 15 is 0 Å². The quantitative estimate of drug-likeness (QED) is 0.771. The maximum atomic E-state index is 9.39. The van der Waals surface area contributed by atoms with Gasteiger partial charge in [-0.25, -0.2) is 0 Å². The Morgan fingerprint density at radius 3 is 2.64 bits per heavy atom. The molecular formula is C17H21BClNO2. The zero-order chi connectivity index (χ0) is 15.9. The third kappa shape index (κ3) is 4.85. The van der Waals surface area contributed by atoms with Gasteiger partial charge in [0.2, 0.25) is 0 Å². The molecule has 0 aliphatic heterocycles. The van der Waals surface area contributed by atoms with E-state index in [4.69, 9.17) is 21.9 Å². The van der Waals surface area contributed by atoms with Crippen LogP contribution in [0.2, 0.25) is 5.02 Å². The predicted octanol–water partition coefficient (Wildman–Crippen LogP) is 2.38. The van der Waals surface area contributed by atoms with Crippen LogP contribution in [0, 0.1) is 5.92 Å². The third-order valence-electron chi connectivity index (χ3n) is 3.57. The molecule has 0 fully saturated rings. The van der Waals surface area contributed by atoms with Crippen molar-refractivity contribution in [1.29, 1.82) is 0 Å². The summed E-state index contributed by atoms with van der Waals surface area (Å²) in [4.78, 5) is 0. The van der Waals surface area contributed by atoms with Gasteiger partial charge in [0, 0.05) is 11.6 Å². The highest BCUT2D eigenvalue weighted by atomic mass is 35.5. The van der Waals surface area contributed by atoms with Gasteiger partial charge in [0.15, 0.2) is 0 Å². The summed E-state index contributed by atoms with van der Waals surface area (Å²) < 4.78 is 5.77. The predicted molar refractivity (Wildman–Crippen MR) is 92.2 cm³/mol. The largest absolute Gasteiger partial charge is 0.418 e. The van der Waals surface area contributed by atoms with Gasteiger partial charge in [-0.05, 0) is 41.1 Å². The molecule has 116 valence electrons. The molecule has 1 atom stereocenters.